The summed E-state index contributed by atoms with van der Waals surface area (Å²) in [5.41, 5.74) is 2.79. The van der Waals surface area contributed by atoms with E-state index in [2.05, 4.69) is 31.3 Å². The van der Waals surface area contributed by atoms with E-state index in [4.69, 9.17) is 16.3 Å². The van der Waals surface area contributed by atoms with E-state index in [9.17, 15) is 4.79 Å². The number of esters is 1. The van der Waals surface area contributed by atoms with E-state index in [-0.39, 0.29) is 18.3 Å². The Balaban J connectivity index is 2.23. The number of aromatic nitrogens is 4. The molecule has 0 radical (unpaired) electrons. The van der Waals surface area contributed by atoms with E-state index < -0.39 is 12.0 Å². The van der Waals surface area contributed by atoms with Crippen molar-refractivity contribution < 1.29 is 9.53 Å². The molecule has 0 aliphatic heterocycles. The molecule has 1 unspecified atom stereocenters. The van der Waals surface area contributed by atoms with Crippen LogP contribution in [0.2, 0.25) is 5.02 Å². The highest BCUT2D eigenvalue weighted by Gasteiger charge is 2.31. The second-order valence-electron chi connectivity index (χ2n) is 7.22. The molecule has 0 aliphatic carbocycles. The van der Waals surface area contributed by atoms with Crippen LogP contribution in [0.1, 0.15) is 60.3 Å². The van der Waals surface area contributed by atoms with Crippen LogP contribution in [0.3, 0.4) is 0 Å². The Morgan fingerprint density at radius 2 is 1.97 bits per heavy atom. The molecule has 1 N–H and O–H groups in total. The average Bonchev–Trinajstić information content (AvgIpc) is 3.19. The number of imidazole rings is 1. The minimum atomic E-state index is -0.463. The number of nitrogens with one attached hydrogen (secondary N) is 1. The topological polar surface area (TPSA) is 74.0 Å². The Labute approximate surface area is 189 Å². The van der Waals surface area contributed by atoms with Crippen LogP contribution in [0.5, 0.6) is 0 Å². The van der Waals surface area contributed by atoms with E-state index in [1.165, 1.54) is 0 Å². The molecule has 2 aromatic heterocycles. The molecule has 160 valence electrons. The first kappa shape index (κ1) is 22.4. The molecule has 30 heavy (non-hydrogen) atoms. The van der Waals surface area contributed by atoms with Gasteiger partial charge in [-0.2, -0.15) is 5.10 Å². The Bertz CT molecular complexity index is 1040. The van der Waals surface area contributed by atoms with Gasteiger partial charge >= 0.3 is 5.97 Å². The molecule has 0 saturated heterocycles. The van der Waals surface area contributed by atoms with Crippen LogP contribution < -0.4 is 5.32 Å². The summed E-state index contributed by atoms with van der Waals surface area (Å²) < 4.78 is 9.62. The van der Waals surface area contributed by atoms with Crippen molar-refractivity contribution in [3.05, 3.63) is 62.7 Å². The van der Waals surface area contributed by atoms with E-state index in [1.807, 2.05) is 62.7 Å². The zero-order chi connectivity index (χ0) is 22.0. The summed E-state index contributed by atoms with van der Waals surface area (Å²) in [7, 11) is 1.87. The van der Waals surface area contributed by atoms with Gasteiger partial charge in [0.25, 0.3) is 0 Å². The molecular weight excluding hydrogens is 470 g/mol. The second kappa shape index (κ2) is 9.22. The Morgan fingerprint density at radius 3 is 2.50 bits per heavy atom. The number of hydrogen-bond acceptors (Lipinski definition) is 5. The number of halogens is 2. The summed E-state index contributed by atoms with van der Waals surface area (Å²) in [6.07, 6.45) is 0. The lowest BCUT2D eigenvalue weighted by Gasteiger charge is -2.25. The third-order valence-electron chi connectivity index (χ3n) is 4.66. The summed E-state index contributed by atoms with van der Waals surface area (Å²) in [6.45, 7) is 8.06. The molecule has 1 aromatic carbocycles. The molecular formula is C21H25BrClN5O2. The fourth-order valence-electron chi connectivity index (χ4n) is 3.39. The van der Waals surface area contributed by atoms with Crippen LogP contribution >= 0.6 is 27.5 Å². The first-order valence-corrected chi connectivity index (χ1v) is 10.9. The summed E-state index contributed by atoms with van der Waals surface area (Å²) in [5.74, 6) is 0.351. The Hall–Kier alpha value is -2.32. The van der Waals surface area contributed by atoms with Gasteiger partial charge in [-0.15, -0.1) is 0 Å². The lowest BCUT2D eigenvalue weighted by molar-refractivity contribution is 0.0518. The molecule has 2 heterocycles. The second-order valence-corrected chi connectivity index (χ2v) is 8.37. The van der Waals surface area contributed by atoms with Crippen LogP contribution in [0.15, 0.2) is 35.1 Å². The minimum Gasteiger partial charge on any atom is -0.461 e. The lowest BCUT2D eigenvalue weighted by Crippen LogP contribution is -2.22. The van der Waals surface area contributed by atoms with Crippen LogP contribution in [-0.4, -0.2) is 31.9 Å². The number of ether oxygens (including phenoxy) is 1. The lowest BCUT2D eigenvalue weighted by atomic mass is 10.0. The van der Waals surface area contributed by atoms with E-state index >= 15 is 0 Å². The predicted octanol–water partition coefficient (Wildman–Crippen LogP) is 5.30. The van der Waals surface area contributed by atoms with Crippen LogP contribution in [0.4, 0.5) is 5.82 Å². The van der Waals surface area contributed by atoms with Gasteiger partial charge in [-0.1, -0.05) is 23.7 Å². The Morgan fingerprint density at radius 1 is 1.30 bits per heavy atom. The maximum absolute atomic E-state index is 12.8. The molecule has 0 bridgehead atoms. The number of benzene rings is 1. The molecule has 0 amide bonds. The first-order chi connectivity index (χ1) is 14.2. The summed E-state index contributed by atoms with van der Waals surface area (Å²) >= 11 is 9.65. The van der Waals surface area contributed by atoms with Gasteiger partial charge in [0.05, 0.1) is 24.0 Å². The van der Waals surface area contributed by atoms with Gasteiger partial charge in [-0.05, 0) is 61.3 Å². The van der Waals surface area contributed by atoms with Gasteiger partial charge in [0, 0.05) is 24.2 Å². The van der Waals surface area contributed by atoms with Crippen molar-refractivity contribution in [1.82, 2.24) is 19.3 Å². The fourth-order valence-corrected chi connectivity index (χ4v) is 4.30. The number of anilines is 1. The molecule has 0 fully saturated rings. The third kappa shape index (κ3) is 4.54. The molecule has 3 rings (SSSR count). The Kier molecular flexibility index (Phi) is 6.88. The quantitative estimate of drug-likeness (QED) is 0.451. The van der Waals surface area contributed by atoms with Crippen molar-refractivity contribution in [1.29, 1.82) is 0 Å². The molecule has 1 atom stereocenters. The number of rotatable bonds is 7. The van der Waals surface area contributed by atoms with E-state index in [0.29, 0.717) is 15.5 Å². The van der Waals surface area contributed by atoms with Crippen molar-refractivity contribution in [2.24, 2.45) is 7.05 Å². The number of hydrogen-bond donors (Lipinski definition) is 1. The largest absolute Gasteiger partial charge is 0.461 e. The normalized spacial score (nSPS) is 12.3. The smallest absolute Gasteiger partial charge is 0.358 e. The minimum absolute atomic E-state index is 0.0509. The molecule has 7 nitrogen and oxygen atoms in total. The molecule has 0 saturated carbocycles. The van der Waals surface area contributed by atoms with Crippen molar-refractivity contribution in [2.75, 3.05) is 11.9 Å². The summed E-state index contributed by atoms with van der Waals surface area (Å²) in [6, 6.07) is 9.14. The summed E-state index contributed by atoms with van der Waals surface area (Å²) in [4.78, 5) is 17.3. The van der Waals surface area contributed by atoms with Crippen LogP contribution in [-0.2, 0) is 11.8 Å². The number of carbonyl (C=O) groups is 1. The molecule has 0 spiro atoms. The SMILES string of the molecule is CCOC(=O)c1nc(Br)n(C(C)C)c1C(Nc1cc(C)nn1C)c1ccc(Cl)cc1. The first-order valence-electron chi connectivity index (χ1n) is 9.70. The van der Waals surface area contributed by atoms with E-state index in [1.54, 1.807) is 11.6 Å². The van der Waals surface area contributed by atoms with Crippen molar-refractivity contribution >= 4 is 39.3 Å². The fraction of sp³-hybridized carbons (Fsp3) is 0.381. The zero-order valence-corrected chi connectivity index (χ0v) is 20.0. The van der Waals surface area contributed by atoms with Gasteiger partial charge < -0.3 is 14.6 Å². The average molecular weight is 495 g/mol. The number of nitrogens with zero attached hydrogens (tertiary/aromatic N) is 4. The van der Waals surface area contributed by atoms with E-state index in [0.717, 1.165) is 17.1 Å². The van der Waals surface area contributed by atoms with Crippen molar-refractivity contribution in [3.63, 3.8) is 0 Å². The van der Waals surface area contributed by atoms with Crippen LogP contribution in [0, 0.1) is 6.92 Å². The highest BCUT2D eigenvalue weighted by atomic mass is 79.9. The van der Waals surface area contributed by atoms with Crippen molar-refractivity contribution in [3.8, 4) is 0 Å². The van der Waals surface area contributed by atoms with Gasteiger partial charge in [0.1, 0.15) is 5.82 Å². The van der Waals surface area contributed by atoms with Gasteiger partial charge in [0.2, 0.25) is 0 Å². The van der Waals surface area contributed by atoms with Gasteiger partial charge in [-0.3, -0.25) is 4.68 Å². The standard InChI is InChI=1S/C21H25BrClN5O2/c1-6-30-20(29)18-19(28(12(2)3)21(22)25-18)17(14-7-9-15(23)10-8-14)24-16-11-13(4)26-27(16)5/h7-12,17,24H,6H2,1-5H3. The van der Waals surface area contributed by atoms with Gasteiger partial charge in [0.15, 0.2) is 10.4 Å². The van der Waals surface area contributed by atoms with Crippen molar-refractivity contribution in [2.45, 2.75) is 39.8 Å². The number of aryl methyl sites for hydroxylation is 2. The highest BCUT2D eigenvalue weighted by Crippen LogP contribution is 2.34. The predicted molar refractivity (Wildman–Crippen MR) is 121 cm³/mol. The van der Waals surface area contributed by atoms with Gasteiger partial charge in [-0.25, -0.2) is 9.78 Å². The maximum atomic E-state index is 12.8. The molecule has 9 heteroatoms. The molecule has 0 aliphatic rings. The maximum Gasteiger partial charge on any atom is 0.358 e. The third-order valence-corrected chi connectivity index (χ3v) is 5.47. The zero-order valence-electron chi connectivity index (χ0n) is 17.6. The highest BCUT2D eigenvalue weighted by molar-refractivity contribution is 9.10. The number of carbonyl (C=O) groups excluding carboxylic acids is 1. The summed E-state index contributed by atoms with van der Waals surface area (Å²) in [5, 5.41) is 8.60. The van der Waals surface area contributed by atoms with Crippen LogP contribution in [0.25, 0.3) is 0 Å². The molecule has 3 aromatic rings. The monoisotopic (exact) mass is 493 g/mol.